The Hall–Kier alpha value is -1.35. The molecular formula is C14H19NO2. The molecule has 3 nitrogen and oxygen atoms in total. The summed E-state index contributed by atoms with van der Waals surface area (Å²) >= 11 is 0. The first-order chi connectivity index (χ1) is 8.31. The van der Waals surface area contributed by atoms with Crippen LogP contribution in [-0.4, -0.2) is 30.5 Å². The molecule has 0 aromatic heterocycles. The Morgan fingerprint density at radius 3 is 2.82 bits per heavy atom. The van der Waals surface area contributed by atoms with E-state index in [1.54, 1.807) is 0 Å². The summed E-state index contributed by atoms with van der Waals surface area (Å²) in [5, 5.41) is 0. The largest absolute Gasteiger partial charge is 0.362 e. The zero-order valence-corrected chi connectivity index (χ0v) is 10.3. The Morgan fingerprint density at radius 1 is 1.35 bits per heavy atom. The first-order valence-electron chi connectivity index (χ1n) is 6.25. The van der Waals surface area contributed by atoms with Gasteiger partial charge in [-0.1, -0.05) is 43.7 Å². The van der Waals surface area contributed by atoms with E-state index in [1.165, 1.54) is 0 Å². The predicted molar refractivity (Wildman–Crippen MR) is 66.6 cm³/mol. The highest BCUT2D eigenvalue weighted by molar-refractivity contribution is 5.78. The molecule has 0 N–H and O–H groups in total. The molecule has 0 saturated carbocycles. The average molecular weight is 233 g/mol. The van der Waals surface area contributed by atoms with Crippen LogP contribution in [0, 0.1) is 0 Å². The van der Waals surface area contributed by atoms with Gasteiger partial charge in [-0.15, -0.1) is 0 Å². The molecule has 17 heavy (non-hydrogen) atoms. The molecule has 1 aromatic rings. The van der Waals surface area contributed by atoms with Crippen LogP contribution in [0.3, 0.4) is 0 Å². The molecule has 1 saturated heterocycles. The summed E-state index contributed by atoms with van der Waals surface area (Å²) in [5.74, 6) is 0.116. The third-order valence-corrected chi connectivity index (χ3v) is 3.10. The molecule has 1 aliphatic rings. The van der Waals surface area contributed by atoms with Gasteiger partial charge in [0.1, 0.15) is 12.7 Å². The highest BCUT2D eigenvalue weighted by Crippen LogP contribution is 2.22. The number of morpholine rings is 1. The molecule has 1 amide bonds. The first-order valence-corrected chi connectivity index (χ1v) is 6.25. The lowest BCUT2D eigenvalue weighted by molar-refractivity contribution is -0.149. The molecule has 1 unspecified atom stereocenters. The fraction of sp³-hybridized carbons (Fsp3) is 0.500. The number of benzene rings is 1. The van der Waals surface area contributed by atoms with Gasteiger partial charge in [0.05, 0.1) is 6.54 Å². The minimum atomic E-state index is 0.0331. The lowest BCUT2D eigenvalue weighted by atomic mass is 10.1. The molecule has 0 aliphatic carbocycles. The molecular weight excluding hydrogens is 214 g/mol. The quantitative estimate of drug-likeness (QED) is 0.799. The number of ether oxygens (including phenoxy) is 1. The standard InChI is InChI=1S/C14H19NO2/c1-2-3-9-15-10-13(17-11-14(15)16)12-7-5-4-6-8-12/h4-8,13H,2-3,9-11H2,1H3. The molecule has 92 valence electrons. The third-order valence-electron chi connectivity index (χ3n) is 3.10. The molecule has 1 fully saturated rings. The normalized spacial score (nSPS) is 20.6. The summed E-state index contributed by atoms with van der Waals surface area (Å²) in [6, 6.07) is 10.1. The topological polar surface area (TPSA) is 29.5 Å². The maximum Gasteiger partial charge on any atom is 0.248 e. The molecule has 0 spiro atoms. The second kappa shape index (κ2) is 5.82. The van der Waals surface area contributed by atoms with Crippen LogP contribution in [0.2, 0.25) is 0 Å². The summed E-state index contributed by atoms with van der Waals surface area (Å²) in [6.07, 6.45) is 2.21. The van der Waals surface area contributed by atoms with Crippen molar-refractivity contribution in [1.82, 2.24) is 4.90 Å². The van der Waals surface area contributed by atoms with Crippen molar-refractivity contribution in [3.05, 3.63) is 35.9 Å². The minimum absolute atomic E-state index is 0.0331. The number of nitrogens with zero attached hydrogens (tertiary/aromatic N) is 1. The van der Waals surface area contributed by atoms with Crippen molar-refractivity contribution in [2.45, 2.75) is 25.9 Å². The van der Waals surface area contributed by atoms with E-state index in [4.69, 9.17) is 4.74 Å². The van der Waals surface area contributed by atoms with E-state index < -0.39 is 0 Å². The summed E-state index contributed by atoms with van der Waals surface area (Å²) in [4.78, 5) is 13.6. The summed E-state index contributed by atoms with van der Waals surface area (Å²) in [7, 11) is 0. The molecule has 1 atom stereocenters. The Kier molecular flexibility index (Phi) is 4.15. The van der Waals surface area contributed by atoms with Crippen molar-refractivity contribution in [3.8, 4) is 0 Å². The third kappa shape index (κ3) is 3.07. The summed E-state index contributed by atoms with van der Waals surface area (Å²) < 4.78 is 5.60. The zero-order valence-electron chi connectivity index (χ0n) is 10.3. The van der Waals surface area contributed by atoms with Crippen LogP contribution in [0.5, 0.6) is 0 Å². The van der Waals surface area contributed by atoms with E-state index in [9.17, 15) is 4.79 Å². The first kappa shape index (κ1) is 12.1. The Bertz CT molecular complexity index is 364. The van der Waals surface area contributed by atoms with Crippen molar-refractivity contribution < 1.29 is 9.53 Å². The van der Waals surface area contributed by atoms with E-state index in [-0.39, 0.29) is 18.6 Å². The van der Waals surface area contributed by atoms with Gasteiger partial charge in [-0.25, -0.2) is 0 Å². The van der Waals surface area contributed by atoms with Gasteiger partial charge in [-0.2, -0.15) is 0 Å². The van der Waals surface area contributed by atoms with Crippen LogP contribution >= 0.6 is 0 Å². The van der Waals surface area contributed by atoms with Gasteiger partial charge >= 0.3 is 0 Å². The fourth-order valence-electron chi connectivity index (χ4n) is 2.05. The Morgan fingerprint density at radius 2 is 2.12 bits per heavy atom. The SMILES string of the molecule is CCCCN1CC(c2ccccc2)OCC1=O. The fourth-order valence-corrected chi connectivity index (χ4v) is 2.05. The van der Waals surface area contributed by atoms with Gasteiger partial charge in [-0.3, -0.25) is 4.79 Å². The van der Waals surface area contributed by atoms with Crippen molar-refractivity contribution in [1.29, 1.82) is 0 Å². The maximum absolute atomic E-state index is 11.7. The van der Waals surface area contributed by atoms with Gasteiger partial charge in [-0.05, 0) is 12.0 Å². The molecule has 1 heterocycles. The monoisotopic (exact) mass is 233 g/mol. The number of hydrogen-bond acceptors (Lipinski definition) is 2. The van der Waals surface area contributed by atoms with E-state index >= 15 is 0 Å². The van der Waals surface area contributed by atoms with E-state index in [0.717, 1.165) is 24.9 Å². The van der Waals surface area contributed by atoms with Crippen molar-refractivity contribution >= 4 is 5.91 Å². The molecule has 3 heteroatoms. The smallest absolute Gasteiger partial charge is 0.248 e. The van der Waals surface area contributed by atoms with Crippen molar-refractivity contribution in [3.63, 3.8) is 0 Å². The van der Waals surface area contributed by atoms with Gasteiger partial charge in [0, 0.05) is 6.54 Å². The Labute approximate surface area is 102 Å². The Balaban J connectivity index is 2.00. The van der Waals surface area contributed by atoms with Gasteiger partial charge in [0.25, 0.3) is 0 Å². The van der Waals surface area contributed by atoms with Crippen LogP contribution in [-0.2, 0) is 9.53 Å². The van der Waals surface area contributed by atoms with E-state index in [2.05, 4.69) is 19.1 Å². The van der Waals surface area contributed by atoms with Crippen LogP contribution in [0.25, 0.3) is 0 Å². The van der Waals surface area contributed by atoms with Crippen LogP contribution in [0.4, 0.5) is 0 Å². The lowest BCUT2D eigenvalue weighted by Gasteiger charge is -2.33. The van der Waals surface area contributed by atoms with E-state index in [0.29, 0.717) is 6.54 Å². The molecule has 0 bridgehead atoms. The number of rotatable bonds is 4. The number of carbonyl (C=O) groups excluding carboxylic acids is 1. The minimum Gasteiger partial charge on any atom is -0.362 e. The van der Waals surface area contributed by atoms with Gasteiger partial charge in [0.15, 0.2) is 0 Å². The molecule has 2 rings (SSSR count). The summed E-state index contributed by atoms with van der Waals surface area (Å²) in [5.41, 5.74) is 1.15. The second-order valence-corrected chi connectivity index (χ2v) is 4.40. The van der Waals surface area contributed by atoms with Crippen LogP contribution in [0.1, 0.15) is 31.4 Å². The number of carbonyl (C=O) groups is 1. The molecule has 1 aliphatic heterocycles. The highest BCUT2D eigenvalue weighted by atomic mass is 16.5. The van der Waals surface area contributed by atoms with Crippen LogP contribution in [0.15, 0.2) is 30.3 Å². The zero-order chi connectivity index (χ0) is 12.1. The van der Waals surface area contributed by atoms with Gasteiger partial charge in [0.2, 0.25) is 5.91 Å². The van der Waals surface area contributed by atoms with Gasteiger partial charge < -0.3 is 9.64 Å². The van der Waals surface area contributed by atoms with Crippen molar-refractivity contribution in [2.24, 2.45) is 0 Å². The van der Waals surface area contributed by atoms with Crippen molar-refractivity contribution in [2.75, 3.05) is 19.7 Å². The van der Waals surface area contributed by atoms with Crippen LogP contribution < -0.4 is 0 Å². The number of amides is 1. The van der Waals surface area contributed by atoms with E-state index in [1.807, 2.05) is 23.1 Å². The highest BCUT2D eigenvalue weighted by Gasteiger charge is 2.26. The number of hydrogen-bond donors (Lipinski definition) is 0. The molecule has 0 radical (unpaired) electrons. The molecule has 1 aromatic carbocycles. The lowest BCUT2D eigenvalue weighted by Crippen LogP contribution is -2.43. The average Bonchev–Trinajstić information content (AvgIpc) is 2.39. The number of unbranched alkanes of at least 4 members (excludes halogenated alkanes) is 1. The predicted octanol–water partition coefficient (Wildman–Crippen LogP) is 2.39. The summed E-state index contributed by atoms with van der Waals surface area (Å²) in [6.45, 7) is 3.88. The maximum atomic E-state index is 11.7. The second-order valence-electron chi connectivity index (χ2n) is 4.40.